The Morgan fingerprint density at radius 2 is 2.00 bits per heavy atom. The Morgan fingerprint density at radius 3 is 2.64 bits per heavy atom. The Labute approximate surface area is 141 Å². The maximum Gasteiger partial charge on any atom is 0.273 e. The fourth-order valence-electron chi connectivity index (χ4n) is 1.69. The zero-order valence-electron chi connectivity index (χ0n) is 11.7. The number of carbonyl (C=O) groups is 1. The van der Waals surface area contributed by atoms with Crippen LogP contribution in [-0.2, 0) is 11.3 Å². The topological polar surface area (TPSA) is 64.0 Å². The summed E-state index contributed by atoms with van der Waals surface area (Å²) in [6, 6.07) is 6.37. The number of hydrogen-bond acceptors (Lipinski definition) is 4. The smallest absolute Gasteiger partial charge is 0.273 e. The number of aryl methyl sites for hydroxylation is 1. The number of anilines is 1. The van der Waals surface area contributed by atoms with Gasteiger partial charge in [0.05, 0.1) is 21.5 Å². The van der Waals surface area contributed by atoms with Gasteiger partial charge in [0.2, 0.25) is 5.91 Å². The summed E-state index contributed by atoms with van der Waals surface area (Å²) >= 11 is 13.2. The molecule has 5 nitrogen and oxygen atoms in total. The third-order valence-electron chi connectivity index (χ3n) is 2.75. The van der Waals surface area contributed by atoms with Gasteiger partial charge in [-0.05, 0) is 19.1 Å². The number of amides is 1. The van der Waals surface area contributed by atoms with E-state index in [1.165, 1.54) is 17.8 Å². The normalized spacial score (nSPS) is 10.5. The molecule has 116 valence electrons. The SMILES string of the molecule is CCn1ccc(=O)nc1SCC(=O)Nc1c(Cl)cccc1Cl. The van der Waals surface area contributed by atoms with Crippen LogP contribution in [0.1, 0.15) is 6.92 Å². The molecule has 1 aromatic carbocycles. The Balaban J connectivity index is 2.05. The van der Waals surface area contributed by atoms with Crippen LogP contribution in [0.25, 0.3) is 0 Å². The van der Waals surface area contributed by atoms with Crippen LogP contribution in [0.3, 0.4) is 0 Å². The molecule has 1 aromatic heterocycles. The van der Waals surface area contributed by atoms with Gasteiger partial charge < -0.3 is 9.88 Å². The second-order valence-corrected chi connectivity index (χ2v) is 6.02. The molecule has 0 aliphatic rings. The number of nitrogens with one attached hydrogen (secondary N) is 1. The van der Waals surface area contributed by atoms with Crippen molar-refractivity contribution in [1.82, 2.24) is 9.55 Å². The van der Waals surface area contributed by atoms with Gasteiger partial charge in [0, 0.05) is 18.8 Å². The van der Waals surface area contributed by atoms with Gasteiger partial charge in [0.15, 0.2) is 5.16 Å². The van der Waals surface area contributed by atoms with Crippen LogP contribution < -0.4 is 10.9 Å². The van der Waals surface area contributed by atoms with Gasteiger partial charge in [-0.25, -0.2) is 0 Å². The number of halogens is 2. The third-order valence-corrected chi connectivity index (χ3v) is 4.37. The highest BCUT2D eigenvalue weighted by molar-refractivity contribution is 7.99. The van der Waals surface area contributed by atoms with Gasteiger partial charge in [-0.3, -0.25) is 9.59 Å². The number of thioether (sulfide) groups is 1. The highest BCUT2D eigenvalue weighted by Crippen LogP contribution is 2.30. The predicted molar refractivity (Wildman–Crippen MR) is 90.0 cm³/mol. The molecule has 1 N–H and O–H groups in total. The summed E-state index contributed by atoms with van der Waals surface area (Å²) < 4.78 is 1.79. The molecule has 0 saturated heterocycles. The first-order valence-corrected chi connectivity index (χ1v) is 8.19. The number of aromatic nitrogens is 2. The highest BCUT2D eigenvalue weighted by atomic mass is 35.5. The van der Waals surface area contributed by atoms with Crippen molar-refractivity contribution in [3.63, 3.8) is 0 Å². The lowest BCUT2D eigenvalue weighted by Crippen LogP contribution is -2.17. The van der Waals surface area contributed by atoms with Gasteiger partial charge in [0.1, 0.15) is 0 Å². The van der Waals surface area contributed by atoms with Crippen molar-refractivity contribution in [1.29, 1.82) is 0 Å². The molecule has 0 bridgehead atoms. The zero-order valence-corrected chi connectivity index (χ0v) is 14.0. The van der Waals surface area contributed by atoms with Crippen molar-refractivity contribution in [2.45, 2.75) is 18.6 Å². The molecule has 0 saturated carbocycles. The average molecular weight is 358 g/mol. The number of benzene rings is 1. The largest absolute Gasteiger partial charge is 0.328 e. The summed E-state index contributed by atoms with van der Waals surface area (Å²) in [7, 11) is 0. The minimum atomic E-state index is -0.332. The van der Waals surface area contributed by atoms with E-state index in [1.54, 1.807) is 29.0 Å². The average Bonchev–Trinajstić information content (AvgIpc) is 2.49. The van der Waals surface area contributed by atoms with E-state index >= 15 is 0 Å². The number of hydrogen-bond donors (Lipinski definition) is 1. The molecular weight excluding hydrogens is 345 g/mol. The lowest BCUT2D eigenvalue weighted by Gasteiger charge is -2.10. The van der Waals surface area contributed by atoms with Crippen LogP contribution in [0, 0.1) is 0 Å². The maximum absolute atomic E-state index is 12.0. The third kappa shape index (κ3) is 4.25. The summed E-state index contributed by atoms with van der Waals surface area (Å²) in [6.45, 7) is 2.59. The Kier molecular flexibility index (Phi) is 5.88. The van der Waals surface area contributed by atoms with Crippen LogP contribution in [0.15, 0.2) is 40.4 Å². The summed E-state index contributed by atoms with van der Waals surface area (Å²) in [5, 5.41) is 3.90. The van der Waals surface area contributed by atoms with E-state index in [9.17, 15) is 9.59 Å². The molecular formula is C14H13Cl2N3O2S. The van der Waals surface area contributed by atoms with Crippen molar-refractivity contribution < 1.29 is 4.79 Å². The van der Waals surface area contributed by atoms with Gasteiger partial charge in [-0.1, -0.05) is 41.0 Å². The predicted octanol–water partition coefficient (Wildman–Crippen LogP) is 3.30. The molecule has 2 aromatic rings. The van der Waals surface area contributed by atoms with Crippen LogP contribution in [0.5, 0.6) is 0 Å². The van der Waals surface area contributed by atoms with E-state index in [0.717, 1.165) is 0 Å². The van der Waals surface area contributed by atoms with Crippen LogP contribution in [0.2, 0.25) is 10.0 Å². The molecule has 0 radical (unpaired) electrons. The molecule has 0 spiro atoms. The first kappa shape index (κ1) is 16.9. The molecule has 0 aliphatic heterocycles. The summed E-state index contributed by atoms with van der Waals surface area (Å²) in [5.74, 6) is -0.182. The van der Waals surface area contributed by atoms with E-state index in [4.69, 9.17) is 23.2 Å². The second kappa shape index (κ2) is 7.67. The molecule has 1 amide bonds. The van der Waals surface area contributed by atoms with Gasteiger partial charge in [0.25, 0.3) is 5.56 Å². The lowest BCUT2D eigenvalue weighted by molar-refractivity contribution is -0.113. The first-order chi connectivity index (χ1) is 10.5. The molecule has 2 rings (SSSR count). The van der Waals surface area contributed by atoms with E-state index in [1.807, 2.05) is 6.92 Å². The van der Waals surface area contributed by atoms with Crippen molar-refractivity contribution in [3.05, 3.63) is 50.9 Å². The molecule has 1 heterocycles. The highest BCUT2D eigenvalue weighted by Gasteiger charge is 2.11. The Bertz CT molecular complexity index is 729. The number of carbonyl (C=O) groups excluding carboxylic acids is 1. The van der Waals surface area contributed by atoms with Crippen molar-refractivity contribution >= 4 is 46.6 Å². The van der Waals surface area contributed by atoms with Gasteiger partial charge in [-0.15, -0.1) is 0 Å². The lowest BCUT2D eigenvalue weighted by atomic mass is 10.3. The van der Waals surface area contributed by atoms with Crippen molar-refractivity contribution in [2.75, 3.05) is 11.1 Å². The summed E-state index contributed by atoms with van der Waals surface area (Å²) in [4.78, 5) is 27.2. The van der Waals surface area contributed by atoms with E-state index in [2.05, 4.69) is 10.3 Å². The number of nitrogens with zero attached hydrogens (tertiary/aromatic N) is 2. The minimum absolute atomic E-state index is 0.0952. The molecule has 0 atom stereocenters. The zero-order chi connectivity index (χ0) is 16.1. The first-order valence-electron chi connectivity index (χ1n) is 6.45. The minimum Gasteiger partial charge on any atom is -0.328 e. The molecule has 22 heavy (non-hydrogen) atoms. The summed E-state index contributed by atoms with van der Waals surface area (Å²) in [6.07, 6.45) is 1.65. The molecule has 0 unspecified atom stereocenters. The Morgan fingerprint density at radius 1 is 1.32 bits per heavy atom. The Hall–Kier alpha value is -1.50. The molecule has 8 heteroatoms. The van der Waals surface area contributed by atoms with E-state index in [0.29, 0.717) is 27.4 Å². The van der Waals surface area contributed by atoms with Crippen LogP contribution >= 0.6 is 35.0 Å². The van der Waals surface area contributed by atoms with Crippen molar-refractivity contribution in [2.24, 2.45) is 0 Å². The second-order valence-electron chi connectivity index (χ2n) is 4.27. The van der Waals surface area contributed by atoms with E-state index in [-0.39, 0.29) is 17.2 Å². The van der Waals surface area contributed by atoms with Crippen LogP contribution in [-0.4, -0.2) is 21.2 Å². The molecule has 0 aliphatic carbocycles. The van der Waals surface area contributed by atoms with Gasteiger partial charge in [-0.2, -0.15) is 4.98 Å². The number of para-hydroxylation sites is 1. The fourth-order valence-corrected chi connectivity index (χ4v) is 3.03. The molecule has 0 fully saturated rings. The monoisotopic (exact) mass is 357 g/mol. The summed E-state index contributed by atoms with van der Waals surface area (Å²) in [5.41, 5.74) is 0.0482. The maximum atomic E-state index is 12.0. The van der Waals surface area contributed by atoms with Gasteiger partial charge >= 0.3 is 0 Å². The van der Waals surface area contributed by atoms with Crippen molar-refractivity contribution in [3.8, 4) is 0 Å². The standard InChI is InChI=1S/C14H13Cl2N3O2S/c1-2-19-7-6-11(20)18-14(19)22-8-12(21)17-13-9(15)4-3-5-10(13)16/h3-7H,2,8H2,1H3,(H,17,21). The fraction of sp³-hybridized carbons (Fsp3) is 0.214. The quantitative estimate of drug-likeness (QED) is 0.658. The number of rotatable bonds is 5. The van der Waals surface area contributed by atoms with E-state index < -0.39 is 0 Å². The van der Waals surface area contributed by atoms with Crippen LogP contribution in [0.4, 0.5) is 5.69 Å².